The maximum atomic E-state index is 12.5. The zero-order chi connectivity index (χ0) is 15.8. The van der Waals surface area contributed by atoms with E-state index in [0.717, 1.165) is 10.7 Å². The molecule has 1 aromatic carbocycles. The summed E-state index contributed by atoms with van der Waals surface area (Å²) in [6, 6.07) is 5.20. The molecule has 10 heteroatoms. The van der Waals surface area contributed by atoms with Gasteiger partial charge in [-0.05, 0) is 102 Å². The van der Waals surface area contributed by atoms with Crippen molar-refractivity contribution in [2.24, 2.45) is 0 Å². The number of hydrogen-bond acceptors (Lipinski definition) is 3. The first kappa shape index (κ1) is 18.4. The third-order valence-electron chi connectivity index (χ3n) is 2.31. The van der Waals surface area contributed by atoms with Crippen LogP contribution in [-0.2, 0) is 10.0 Å². The number of hydrogen-bond donors (Lipinski definition) is 1. The molecule has 1 N–H and O–H groups in total. The van der Waals surface area contributed by atoms with E-state index < -0.39 is 10.0 Å². The van der Waals surface area contributed by atoms with Crippen LogP contribution in [0.5, 0.6) is 0 Å². The minimum absolute atomic E-state index is 0.0660. The van der Waals surface area contributed by atoms with Gasteiger partial charge in [-0.1, -0.05) is 11.6 Å². The SMILES string of the molecule is O=S(=O)(Nc1c(I)cc(I)cc1I)c1cc(Br)cnc1Cl. The van der Waals surface area contributed by atoms with E-state index in [1.165, 1.54) is 12.3 Å². The van der Waals surface area contributed by atoms with E-state index in [-0.39, 0.29) is 10.0 Å². The zero-order valence-electron chi connectivity index (χ0n) is 9.87. The molecule has 4 nitrogen and oxygen atoms in total. The fraction of sp³-hybridized carbons (Fsp3) is 0. The van der Waals surface area contributed by atoms with Gasteiger partial charge in [0.25, 0.3) is 10.0 Å². The van der Waals surface area contributed by atoms with Gasteiger partial charge < -0.3 is 0 Å². The average molecular weight is 725 g/mol. The molecule has 0 radical (unpaired) electrons. The van der Waals surface area contributed by atoms with Gasteiger partial charge in [-0.3, -0.25) is 4.72 Å². The zero-order valence-corrected chi connectivity index (χ0v) is 19.5. The van der Waals surface area contributed by atoms with Gasteiger partial charge >= 0.3 is 0 Å². The minimum Gasteiger partial charge on any atom is -0.277 e. The van der Waals surface area contributed by atoms with E-state index in [2.05, 4.69) is 93.4 Å². The molecule has 0 unspecified atom stereocenters. The van der Waals surface area contributed by atoms with Crippen molar-refractivity contribution in [3.05, 3.63) is 44.7 Å². The number of nitrogens with one attached hydrogen (secondary N) is 1. The predicted molar refractivity (Wildman–Crippen MR) is 112 cm³/mol. The Hall–Kier alpha value is 1.08. The Morgan fingerprint density at radius 3 is 2.29 bits per heavy atom. The lowest BCUT2D eigenvalue weighted by molar-refractivity contribution is 0.600. The molecule has 0 aliphatic carbocycles. The number of anilines is 1. The van der Waals surface area contributed by atoms with Gasteiger partial charge in [0.1, 0.15) is 10.0 Å². The van der Waals surface area contributed by atoms with Crippen LogP contribution in [0.1, 0.15) is 0 Å². The maximum Gasteiger partial charge on any atom is 0.265 e. The summed E-state index contributed by atoms with van der Waals surface area (Å²) in [7, 11) is -3.81. The van der Waals surface area contributed by atoms with E-state index in [1.54, 1.807) is 0 Å². The molecule has 1 aromatic heterocycles. The molecular weight excluding hydrogens is 720 g/mol. The lowest BCUT2D eigenvalue weighted by Gasteiger charge is -2.13. The highest BCUT2D eigenvalue weighted by atomic mass is 127. The third-order valence-corrected chi connectivity index (χ3v) is 6.84. The van der Waals surface area contributed by atoms with Crippen LogP contribution in [0.3, 0.4) is 0 Å². The topological polar surface area (TPSA) is 59.1 Å². The molecule has 0 spiro atoms. The fourth-order valence-electron chi connectivity index (χ4n) is 1.42. The summed E-state index contributed by atoms with van der Waals surface area (Å²) < 4.78 is 30.8. The second-order valence-electron chi connectivity index (χ2n) is 3.79. The van der Waals surface area contributed by atoms with Gasteiger partial charge in [-0.2, -0.15) is 0 Å². The van der Waals surface area contributed by atoms with Gasteiger partial charge in [0.2, 0.25) is 0 Å². The fourth-order valence-corrected chi connectivity index (χ4v) is 7.69. The van der Waals surface area contributed by atoms with Gasteiger partial charge in [-0.25, -0.2) is 13.4 Å². The van der Waals surface area contributed by atoms with Crippen molar-refractivity contribution in [1.29, 1.82) is 0 Å². The van der Waals surface area contributed by atoms with Crippen molar-refractivity contribution < 1.29 is 8.42 Å². The number of rotatable bonds is 3. The molecule has 1 heterocycles. The van der Waals surface area contributed by atoms with Crippen LogP contribution >= 0.6 is 95.3 Å². The summed E-state index contributed by atoms with van der Waals surface area (Å²) >= 11 is 15.5. The minimum atomic E-state index is -3.81. The van der Waals surface area contributed by atoms with Crippen LogP contribution in [0.25, 0.3) is 0 Å². The molecule has 0 aliphatic heterocycles. The van der Waals surface area contributed by atoms with Crippen LogP contribution in [0, 0.1) is 10.7 Å². The quantitative estimate of drug-likeness (QED) is 0.354. The third kappa shape index (κ3) is 4.55. The van der Waals surface area contributed by atoms with E-state index in [1.807, 2.05) is 12.1 Å². The van der Waals surface area contributed by atoms with Crippen molar-refractivity contribution in [1.82, 2.24) is 4.98 Å². The van der Waals surface area contributed by atoms with Gasteiger partial charge in [0.15, 0.2) is 0 Å². The van der Waals surface area contributed by atoms with Crippen LogP contribution in [0.2, 0.25) is 5.15 Å². The van der Waals surface area contributed by atoms with E-state index >= 15 is 0 Å². The molecule has 0 fully saturated rings. The molecule has 2 aromatic rings. The summed E-state index contributed by atoms with van der Waals surface area (Å²) in [5.74, 6) is 0. The van der Waals surface area contributed by atoms with Crippen LogP contribution in [0.15, 0.2) is 33.8 Å². The maximum absolute atomic E-state index is 12.5. The first-order valence-corrected chi connectivity index (χ1v) is 11.1. The Morgan fingerprint density at radius 2 is 1.71 bits per heavy atom. The molecule has 0 bridgehead atoms. The molecular formula is C11H5BrClI3N2O2S. The standard InChI is InChI=1S/C11H5BrClI3N2O2S/c12-5-1-9(11(13)17-4-5)21(19,20)18-10-7(15)2-6(14)3-8(10)16/h1-4,18H. The van der Waals surface area contributed by atoms with Crippen LogP contribution < -0.4 is 4.72 Å². The number of aromatic nitrogens is 1. The van der Waals surface area contributed by atoms with Crippen molar-refractivity contribution in [3.8, 4) is 0 Å². The number of benzene rings is 1. The van der Waals surface area contributed by atoms with Crippen molar-refractivity contribution in [3.63, 3.8) is 0 Å². The lowest BCUT2D eigenvalue weighted by Crippen LogP contribution is -2.16. The monoisotopic (exact) mass is 724 g/mol. The molecule has 0 saturated carbocycles. The van der Waals surface area contributed by atoms with Crippen molar-refractivity contribution in [2.75, 3.05) is 4.72 Å². The second-order valence-corrected chi connectivity index (χ2v) is 10.3. The van der Waals surface area contributed by atoms with Gasteiger partial charge in [-0.15, -0.1) is 0 Å². The first-order valence-electron chi connectivity index (χ1n) is 5.19. The van der Waals surface area contributed by atoms with Gasteiger partial charge in [0.05, 0.1) is 5.69 Å². The second kappa shape index (κ2) is 7.32. The number of sulfonamides is 1. The first-order chi connectivity index (χ1) is 9.70. The summed E-state index contributed by atoms with van der Waals surface area (Å²) in [6.07, 6.45) is 1.44. The predicted octanol–water partition coefficient (Wildman–Crippen LogP) is 5.11. The molecule has 0 aliphatic rings. The molecule has 0 atom stereocenters. The summed E-state index contributed by atoms with van der Waals surface area (Å²) in [5.41, 5.74) is 0.535. The Morgan fingerprint density at radius 1 is 1.14 bits per heavy atom. The normalized spacial score (nSPS) is 11.5. The number of halogens is 5. The Labute approximate surface area is 176 Å². The summed E-state index contributed by atoms with van der Waals surface area (Å²) in [4.78, 5) is 3.77. The molecule has 21 heavy (non-hydrogen) atoms. The summed E-state index contributed by atoms with van der Waals surface area (Å²) in [6.45, 7) is 0. The lowest BCUT2D eigenvalue weighted by atomic mass is 10.3. The molecule has 0 saturated heterocycles. The highest BCUT2D eigenvalue weighted by Crippen LogP contribution is 2.31. The molecule has 2 rings (SSSR count). The van der Waals surface area contributed by atoms with E-state index in [4.69, 9.17) is 11.6 Å². The highest BCUT2D eigenvalue weighted by molar-refractivity contribution is 14.1. The smallest absolute Gasteiger partial charge is 0.265 e. The van der Waals surface area contributed by atoms with E-state index in [0.29, 0.717) is 10.2 Å². The Kier molecular flexibility index (Phi) is 6.42. The van der Waals surface area contributed by atoms with Crippen LogP contribution in [-0.4, -0.2) is 13.4 Å². The van der Waals surface area contributed by atoms with E-state index in [9.17, 15) is 8.42 Å². The number of nitrogens with zero attached hydrogens (tertiary/aromatic N) is 1. The van der Waals surface area contributed by atoms with Crippen molar-refractivity contribution >= 4 is 111 Å². The molecule has 112 valence electrons. The average Bonchev–Trinajstić information content (AvgIpc) is 2.36. The Balaban J connectivity index is 2.50. The Bertz CT molecular complexity index is 794. The highest BCUT2D eigenvalue weighted by Gasteiger charge is 2.22. The van der Waals surface area contributed by atoms with Crippen LogP contribution in [0.4, 0.5) is 5.69 Å². The molecule has 0 amide bonds. The largest absolute Gasteiger partial charge is 0.277 e. The number of pyridine rings is 1. The van der Waals surface area contributed by atoms with Crippen molar-refractivity contribution in [2.45, 2.75) is 4.90 Å². The summed E-state index contributed by atoms with van der Waals surface area (Å²) in [5, 5.41) is -0.0683. The van der Waals surface area contributed by atoms with Gasteiger partial charge in [0, 0.05) is 21.4 Å².